The van der Waals surface area contributed by atoms with E-state index in [0.717, 1.165) is 11.1 Å². The van der Waals surface area contributed by atoms with E-state index in [1.54, 1.807) is 59.0 Å². The van der Waals surface area contributed by atoms with Gasteiger partial charge in [0, 0.05) is 23.3 Å². The maximum Gasteiger partial charge on any atom is 0.338 e. The molecular weight excluding hydrogens is 552 g/mol. The first kappa shape index (κ1) is 27.2. The number of ether oxygens (including phenoxy) is 1. The number of para-hydroxylation sites is 1. The number of thioether (sulfide) groups is 1. The summed E-state index contributed by atoms with van der Waals surface area (Å²) < 4.78 is 13.0. The van der Waals surface area contributed by atoms with Gasteiger partial charge in [0.2, 0.25) is 11.1 Å². The van der Waals surface area contributed by atoms with Crippen molar-refractivity contribution in [3.8, 4) is 22.6 Å². The van der Waals surface area contributed by atoms with Gasteiger partial charge in [0.25, 0.3) is 0 Å². The average molecular weight is 580 g/mol. The number of esters is 1. The van der Waals surface area contributed by atoms with Gasteiger partial charge in [-0.3, -0.25) is 14.6 Å². The lowest BCUT2D eigenvalue weighted by molar-refractivity contribution is -0.764. The summed E-state index contributed by atoms with van der Waals surface area (Å²) in [6.45, 7) is 3.53. The second-order valence-corrected chi connectivity index (χ2v) is 10.6. The van der Waals surface area contributed by atoms with Gasteiger partial charge in [-0.15, -0.1) is 0 Å². The molecule has 0 aliphatic carbocycles. The first-order chi connectivity index (χ1) is 20.4. The van der Waals surface area contributed by atoms with Crippen molar-refractivity contribution in [2.75, 3.05) is 11.5 Å². The molecule has 42 heavy (non-hydrogen) atoms. The summed E-state index contributed by atoms with van der Waals surface area (Å²) in [5.41, 5.74) is 3.46. The van der Waals surface area contributed by atoms with Gasteiger partial charge in [0.15, 0.2) is 5.76 Å². The summed E-state index contributed by atoms with van der Waals surface area (Å²) in [6.07, 6.45) is -0.849. The number of hydrogen-bond acceptors (Lipinski definition) is 7. The van der Waals surface area contributed by atoms with Crippen LogP contribution in [0, 0.1) is 0 Å². The van der Waals surface area contributed by atoms with Crippen LogP contribution < -0.4 is 15.1 Å². The lowest BCUT2D eigenvalue weighted by Crippen LogP contribution is -2.60. The average Bonchev–Trinajstić information content (AvgIpc) is 3.50. The van der Waals surface area contributed by atoms with Crippen LogP contribution in [-0.4, -0.2) is 28.6 Å². The summed E-state index contributed by atoms with van der Waals surface area (Å²) >= 11 is 1.40. The van der Waals surface area contributed by atoms with E-state index in [4.69, 9.17) is 14.3 Å². The van der Waals surface area contributed by atoms with Gasteiger partial charge in [0.05, 0.1) is 23.4 Å². The van der Waals surface area contributed by atoms with E-state index in [1.807, 2.05) is 48.5 Å². The Morgan fingerprint density at radius 1 is 1.00 bits per heavy atom. The van der Waals surface area contributed by atoms with Crippen molar-refractivity contribution in [1.82, 2.24) is 10.1 Å². The number of H-pyrrole nitrogens is 1. The maximum atomic E-state index is 13.6. The van der Waals surface area contributed by atoms with Crippen molar-refractivity contribution in [2.24, 2.45) is 0 Å². The summed E-state index contributed by atoms with van der Waals surface area (Å²) in [6, 6.07) is 27.6. The quantitative estimate of drug-likeness (QED) is 0.157. The molecular formula is C32H27N4O5S+. The predicted octanol–water partition coefficient (Wildman–Crippen LogP) is 5.37. The molecule has 10 heteroatoms. The van der Waals surface area contributed by atoms with E-state index in [0.29, 0.717) is 51.5 Å². The van der Waals surface area contributed by atoms with Gasteiger partial charge < -0.3 is 9.15 Å². The Hall–Kier alpha value is -4.96. The number of carbonyl (C=O) groups excluding carboxylic acids is 2. The highest BCUT2D eigenvalue weighted by Gasteiger charge is 2.46. The van der Waals surface area contributed by atoms with E-state index in [2.05, 4.69) is 4.98 Å². The number of furan rings is 1. The second kappa shape index (κ2) is 11.5. The molecule has 1 aliphatic heterocycles. The van der Waals surface area contributed by atoms with Crippen molar-refractivity contribution in [3.05, 3.63) is 118 Å². The van der Waals surface area contributed by atoms with Crippen LogP contribution >= 0.6 is 11.8 Å². The zero-order valence-electron chi connectivity index (χ0n) is 22.9. The fourth-order valence-corrected chi connectivity index (χ4v) is 5.80. The molecule has 1 aliphatic rings. The zero-order valence-corrected chi connectivity index (χ0v) is 23.8. The van der Waals surface area contributed by atoms with Crippen LogP contribution in [0.5, 0.6) is 0 Å². The van der Waals surface area contributed by atoms with Crippen molar-refractivity contribution >= 4 is 29.3 Å². The standard InChI is InChI=1S/C32H26N4O5S/c1-3-40-31(39)23-15-13-22(14-16-23)26-17-18-27(41-26)30-35(20(2)37)25-12-8-7-11-24(25)28-29(38)33-32(34-36(28)30)42-19-21-9-5-4-6-10-21/h4-18,30H,3,19H2,1-2H3/p+1. The minimum Gasteiger partial charge on any atom is -0.462 e. The molecule has 1 N–H and O–H groups in total. The highest BCUT2D eigenvalue weighted by atomic mass is 32.2. The van der Waals surface area contributed by atoms with E-state index in [9.17, 15) is 14.4 Å². The highest BCUT2D eigenvalue weighted by molar-refractivity contribution is 7.98. The zero-order chi connectivity index (χ0) is 29.2. The summed E-state index contributed by atoms with van der Waals surface area (Å²) in [5, 5.41) is 5.25. The van der Waals surface area contributed by atoms with Crippen LogP contribution in [-0.2, 0) is 15.3 Å². The molecule has 3 aromatic carbocycles. The number of rotatable bonds is 7. The van der Waals surface area contributed by atoms with Crippen LogP contribution in [0.15, 0.2) is 105 Å². The third kappa shape index (κ3) is 5.12. The number of carbonyl (C=O) groups is 2. The molecule has 210 valence electrons. The van der Waals surface area contributed by atoms with E-state index < -0.39 is 12.1 Å². The number of amides is 1. The van der Waals surface area contributed by atoms with Crippen LogP contribution in [0.3, 0.4) is 0 Å². The summed E-state index contributed by atoms with van der Waals surface area (Å²) in [4.78, 5) is 43.3. The third-order valence-corrected chi connectivity index (χ3v) is 7.81. The number of anilines is 1. The minimum atomic E-state index is -0.849. The lowest BCUT2D eigenvalue weighted by Gasteiger charge is -2.30. The fourth-order valence-electron chi connectivity index (χ4n) is 4.99. The van der Waals surface area contributed by atoms with Crippen LogP contribution in [0.25, 0.3) is 22.6 Å². The molecule has 5 aromatic rings. The normalized spacial score (nSPS) is 13.8. The number of aromatic nitrogens is 3. The van der Waals surface area contributed by atoms with Gasteiger partial charge in [-0.2, -0.15) is 0 Å². The first-order valence-corrected chi connectivity index (χ1v) is 14.4. The van der Waals surface area contributed by atoms with Gasteiger partial charge in [-0.1, -0.05) is 66.4 Å². The Morgan fingerprint density at radius 2 is 1.74 bits per heavy atom. The number of aromatic amines is 1. The summed E-state index contributed by atoms with van der Waals surface area (Å²) in [5.74, 6) is 0.935. The van der Waals surface area contributed by atoms with Crippen molar-refractivity contribution < 1.29 is 23.4 Å². The Labute approximate surface area is 245 Å². The van der Waals surface area contributed by atoms with Crippen LogP contribution in [0.2, 0.25) is 0 Å². The van der Waals surface area contributed by atoms with Crippen molar-refractivity contribution in [3.63, 3.8) is 0 Å². The Kier molecular flexibility index (Phi) is 7.45. The van der Waals surface area contributed by atoms with E-state index in [1.165, 1.54) is 18.7 Å². The molecule has 1 atom stereocenters. The van der Waals surface area contributed by atoms with Gasteiger partial charge in [-0.25, -0.2) is 9.69 Å². The molecule has 0 bridgehead atoms. The molecule has 2 aromatic heterocycles. The Morgan fingerprint density at radius 3 is 2.48 bits per heavy atom. The van der Waals surface area contributed by atoms with Crippen LogP contribution in [0.4, 0.5) is 5.69 Å². The number of nitrogens with zero attached hydrogens (tertiary/aromatic N) is 3. The third-order valence-electron chi connectivity index (χ3n) is 6.88. The molecule has 0 fully saturated rings. The van der Waals surface area contributed by atoms with E-state index >= 15 is 0 Å². The number of hydrogen-bond donors (Lipinski definition) is 1. The second-order valence-electron chi connectivity index (χ2n) is 9.61. The minimum absolute atomic E-state index is 0.233. The topological polar surface area (TPSA) is 109 Å². The number of nitrogens with one attached hydrogen (secondary N) is 1. The van der Waals surface area contributed by atoms with Gasteiger partial charge >= 0.3 is 23.4 Å². The largest absolute Gasteiger partial charge is 0.462 e. The molecule has 0 saturated carbocycles. The SMILES string of the molecule is CCOC(=O)c1ccc(-c2ccc(C3N(C(C)=O)c4ccccc4-c4c(=O)[nH]c(SCc5ccccc5)n[n+]43)o2)cc1. The number of benzene rings is 3. The highest BCUT2D eigenvalue weighted by Crippen LogP contribution is 2.38. The molecule has 3 heterocycles. The molecule has 6 rings (SSSR count). The molecule has 9 nitrogen and oxygen atoms in total. The van der Waals surface area contributed by atoms with Crippen molar-refractivity contribution in [2.45, 2.75) is 30.9 Å². The number of fused-ring (bicyclic) bond motifs is 3. The van der Waals surface area contributed by atoms with Gasteiger partial charge in [0.1, 0.15) is 5.76 Å². The Bertz CT molecular complexity index is 1830. The lowest BCUT2D eigenvalue weighted by atomic mass is 10.0. The van der Waals surface area contributed by atoms with Crippen LogP contribution in [0.1, 0.15) is 41.7 Å². The monoisotopic (exact) mass is 579 g/mol. The summed E-state index contributed by atoms with van der Waals surface area (Å²) in [7, 11) is 0. The molecule has 1 unspecified atom stereocenters. The van der Waals surface area contributed by atoms with Crippen molar-refractivity contribution in [1.29, 1.82) is 0 Å². The molecule has 0 radical (unpaired) electrons. The smallest absolute Gasteiger partial charge is 0.338 e. The fraction of sp³-hybridized carbons (Fsp3) is 0.156. The molecule has 0 saturated heterocycles. The molecule has 0 spiro atoms. The van der Waals surface area contributed by atoms with E-state index in [-0.39, 0.29) is 11.5 Å². The molecule has 1 amide bonds. The van der Waals surface area contributed by atoms with Gasteiger partial charge in [-0.05, 0) is 53.6 Å². The predicted molar refractivity (Wildman–Crippen MR) is 158 cm³/mol. The Balaban J connectivity index is 1.43. The first-order valence-electron chi connectivity index (χ1n) is 13.4. The maximum absolute atomic E-state index is 13.6.